The highest BCUT2D eigenvalue weighted by Gasteiger charge is 2.42. The lowest BCUT2D eigenvalue weighted by Gasteiger charge is -2.41. The molecule has 0 bridgehead atoms. The van der Waals surface area contributed by atoms with E-state index in [4.69, 9.17) is 0 Å². The summed E-state index contributed by atoms with van der Waals surface area (Å²) < 4.78 is 0. The Morgan fingerprint density at radius 3 is 1.03 bits per heavy atom. The average molecular weight is 945 g/mol. The van der Waals surface area contributed by atoms with E-state index in [1.807, 2.05) is 0 Å². The van der Waals surface area contributed by atoms with E-state index in [0.717, 1.165) is 0 Å². The topological polar surface area (TPSA) is 6.48 Å². The summed E-state index contributed by atoms with van der Waals surface area (Å²) in [7, 11) is 0. The van der Waals surface area contributed by atoms with Crippen LogP contribution in [0.2, 0.25) is 0 Å². The Bertz CT molecular complexity index is 3910. The molecule has 14 rings (SSSR count). The lowest BCUT2D eigenvalue weighted by molar-refractivity contribution is 1.30. The molecule has 2 heterocycles. The summed E-state index contributed by atoms with van der Waals surface area (Å²) in [6.07, 6.45) is 0. The van der Waals surface area contributed by atoms with Crippen LogP contribution in [0.1, 0.15) is 33.4 Å². The number of rotatable bonds is 6. The van der Waals surface area contributed by atoms with Gasteiger partial charge in [0, 0.05) is 44.6 Å². The highest BCUT2D eigenvalue weighted by molar-refractivity contribution is 6.99. The van der Waals surface area contributed by atoms with Crippen molar-refractivity contribution in [2.45, 2.75) is 41.5 Å². The standard InChI is InChI=1S/C70H54B2N2/c1-43-37-45(3)67(46(4)38-43)71-57-27-15-19-31-63(57)73(61-29-17-13-25-53(61)49-21-9-7-10-22-49)69-55-35-34-52-42-60-70(56-36-33-51(41-59(69)71)65(55)66(52)56)74(62-30-18-14-26-54(62)50-23-11-8-12-24-50)64-32-20-16-28-58(64)72(60)68-47(5)39-44(2)40-48(68)6/h7-42H,1-6H3. The van der Waals surface area contributed by atoms with Gasteiger partial charge in [-0.25, -0.2) is 0 Å². The molecule has 2 aliphatic heterocycles. The Morgan fingerprint density at radius 1 is 0.297 bits per heavy atom. The first-order valence-electron chi connectivity index (χ1n) is 26.2. The molecule has 0 radical (unpaired) electrons. The molecule has 0 fully saturated rings. The smallest absolute Gasteiger partial charge is 0.247 e. The molecule has 74 heavy (non-hydrogen) atoms. The third-order valence-corrected chi connectivity index (χ3v) is 16.5. The predicted molar refractivity (Wildman–Crippen MR) is 321 cm³/mol. The fraction of sp³-hybridized carbons (Fsp3) is 0.0857. The molecular weight excluding hydrogens is 890 g/mol. The monoisotopic (exact) mass is 944 g/mol. The maximum Gasteiger partial charge on any atom is 0.247 e. The van der Waals surface area contributed by atoms with Gasteiger partial charge in [0.15, 0.2) is 0 Å². The number of fused-ring (bicyclic) bond motifs is 6. The first-order chi connectivity index (χ1) is 36.2. The molecule has 0 spiro atoms. The van der Waals surface area contributed by atoms with Crippen LogP contribution in [0.3, 0.4) is 0 Å². The van der Waals surface area contributed by atoms with E-state index in [1.54, 1.807) is 0 Å². The van der Waals surface area contributed by atoms with Crippen molar-refractivity contribution in [2.75, 3.05) is 9.80 Å². The Balaban J connectivity index is 1.13. The molecule has 350 valence electrons. The van der Waals surface area contributed by atoms with E-state index in [9.17, 15) is 0 Å². The molecule has 0 saturated carbocycles. The van der Waals surface area contributed by atoms with Crippen molar-refractivity contribution < 1.29 is 0 Å². The number of nitrogens with zero attached hydrogens (tertiary/aromatic N) is 2. The van der Waals surface area contributed by atoms with Crippen LogP contribution in [0.25, 0.3) is 54.6 Å². The fourth-order valence-electron chi connectivity index (χ4n) is 13.8. The van der Waals surface area contributed by atoms with Crippen molar-refractivity contribution in [3.8, 4) is 22.3 Å². The van der Waals surface area contributed by atoms with Crippen molar-refractivity contribution in [2.24, 2.45) is 0 Å². The van der Waals surface area contributed by atoms with Crippen LogP contribution in [0.15, 0.2) is 218 Å². The molecule has 0 N–H and O–H groups in total. The number of anilines is 6. The highest BCUT2D eigenvalue weighted by Crippen LogP contribution is 2.50. The van der Waals surface area contributed by atoms with Crippen molar-refractivity contribution >= 4 is 113 Å². The normalized spacial score (nSPS) is 12.9. The van der Waals surface area contributed by atoms with E-state index in [1.165, 1.54) is 155 Å². The Labute approximate surface area is 435 Å². The van der Waals surface area contributed by atoms with Gasteiger partial charge in [-0.3, -0.25) is 0 Å². The molecule has 2 aliphatic rings. The molecule has 0 saturated heterocycles. The molecule has 0 unspecified atom stereocenters. The Hall–Kier alpha value is -8.59. The van der Waals surface area contributed by atoms with Crippen LogP contribution in [0.4, 0.5) is 34.1 Å². The summed E-state index contributed by atoms with van der Waals surface area (Å²) in [6, 6.07) is 82.7. The van der Waals surface area contributed by atoms with Crippen molar-refractivity contribution in [1.29, 1.82) is 0 Å². The van der Waals surface area contributed by atoms with Crippen LogP contribution in [-0.4, -0.2) is 13.4 Å². The molecule has 0 atom stereocenters. The molecule has 12 aromatic carbocycles. The van der Waals surface area contributed by atoms with E-state index in [2.05, 4.69) is 270 Å². The summed E-state index contributed by atoms with van der Waals surface area (Å²) >= 11 is 0. The molecule has 2 nitrogen and oxygen atoms in total. The van der Waals surface area contributed by atoms with Gasteiger partial charge in [0.2, 0.25) is 13.4 Å². The minimum atomic E-state index is 0.0137. The van der Waals surface area contributed by atoms with Gasteiger partial charge in [0.25, 0.3) is 0 Å². The van der Waals surface area contributed by atoms with Crippen LogP contribution in [-0.2, 0) is 0 Å². The SMILES string of the molecule is Cc1cc(C)c(B2c3ccccc3N(c3ccccc3-c3ccccc3)c3c2cc2ccc4c5c(cc6ccc3c2c64)B(c2c(C)cc(C)cc2C)c2ccccc2N5c2ccccc2-c2ccccc2)c(C)c1. The third kappa shape index (κ3) is 6.60. The van der Waals surface area contributed by atoms with Gasteiger partial charge >= 0.3 is 0 Å². The number of benzene rings is 12. The van der Waals surface area contributed by atoms with Crippen LogP contribution < -0.4 is 42.6 Å². The molecule has 12 aromatic rings. The number of hydrogen-bond acceptors (Lipinski definition) is 2. The van der Waals surface area contributed by atoms with Gasteiger partial charge in [0.1, 0.15) is 0 Å². The van der Waals surface area contributed by atoms with E-state index < -0.39 is 0 Å². The van der Waals surface area contributed by atoms with Gasteiger partial charge in [0.05, 0.1) is 11.4 Å². The first kappa shape index (κ1) is 44.1. The molecule has 0 amide bonds. The predicted octanol–water partition coefficient (Wildman–Crippen LogP) is 14.4. The molecule has 0 aromatic heterocycles. The molecule has 0 aliphatic carbocycles. The minimum Gasteiger partial charge on any atom is -0.310 e. The largest absolute Gasteiger partial charge is 0.310 e. The van der Waals surface area contributed by atoms with Crippen LogP contribution >= 0.6 is 0 Å². The highest BCUT2D eigenvalue weighted by atomic mass is 15.2. The fourth-order valence-corrected chi connectivity index (χ4v) is 13.8. The maximum absolute atomic E-state index is 2.61. The zero-order valence-electron chi connectivity index (χ0n) is 42.8. The summed E-state index contributed by atoms with van der Waals surface area (Å²) in [4.78, 5) is 5.22. The number of aryl methyl sites for hydroxylation is 6. The maximum atomic E-state index is 2.61. The lowest BCUT2D eigenvalue weighted by Crippen LogP contribution is -2.59. The van der Waals surface area contributed by atoms with E-state index in [-0.39, 0.29) is 13.4 Å². The summed E-state index contributed by atoms with van der Waals surface area (Å²) in [5, 5.41) is 7.63. The second-order valence-corrected chi connectivity index (χ2v) is 21.1. The van der Waals surface area contributed by atoms with Crippen LogP contribution in [0.5, 0.6) is 0 Å². The lowest BCUT2D eigenvalue weighted by atomic mass is 9.33. The second-order valence-electron chi connectivity index (χ2n) is 21.1. The number of para-hydroxylation sites is 4. The number of hydrogen-bond donors (Lipinski definition) is 0. The zero-order chi connectivity index (χ0) is 49.9. The van der Waals surface area contributed by atoms with Gasteiger partial charge in [-0.15, -0.1) is 0 Å². The van der Waals surface area contributed by atoms with Gasteiger partial charge < -0.3 is 9.80 Å². The van der Waals surface area contributed by atoms with Crippen molar-refractivity contribution in [1.82, 2.24) is 0 Å². The molecular formula is C70H54B2N2. The first-order valence-corrected chi connectivity index (χ1v) is 26.2. The van der Waals surface area contributed by atoms with Gasteiger partial charge in [-0.05, 0) is 120 Å². The zero-order valence-corrected chi connectivity index (χ0v) is 42.8. The van der Waals surface area contributed by atoms with Gasteiger partial charge in [-0.2, -0.15) is 0 Å². The molecule has 4 heteroatoms. The van der Waals surface area contributed by atoms with Gasteiger partial charge in [-0.1, -0.05) is 238 Å². The minimum absolute atomic E-state index is 0.0137. The quantitative estimate of drug-likeness (QED) is 0.121. The summed E-state index contributed by atoms with van der Waals surface area (Å²) in [5.41, 5.74) is 28.0. The van der Waals surface area contributed by atoms with Crippen molar-refractivity contribution in [3.05, 3.63) is 252 Å². The second kappa shape index (κ2) is 17.0. The summed E-state index contributed by atoms with van der Waals surface area (Å²) in [5.74, 6) is 0. The Morgan fingerprint density at radius 2 is 0.635 bits per heavy atom. The third-order valence-electron chi connectivity index (χ3n) is 16.5. The summed E-state index contributed by atoms with van der Waals surface area (Å²) in [6.45, 7) is 13.7. The van der Waals surface area contributed by atoms with E-state index in [0.29, 0.717) is 0 Å². The van der Waals surface area contributed by atoms with Crippen LogP contribution in [0, 0.1) is 41.5 Å². The van der Waals surface area contributed by atoms with Crippen molar-refractivity contribution in [3.63, 3.8) is 0 Å². The van der Waals surface area contributed by atoms with E-state index >= 15 is 0 Å². The average Bonchev–Trinajstić information content (AvgIpc) is 3.47. The Kier molecular flexibility index (Phi) is 10.1.